The molecular formula is C88H84Cl8F4N24O8. The van der Waals surface area contributed by atoms with Crippen molar-refractivity contribution >= 4 is 206 Å². The molecule has 4 aromatic carbocycles. The van der Waals surface area contributed by atoms with Crippen molar-refractivity contribution in [2.75, 3.05) is 121 Å². The number of halogens is 12. The number of nitrogen functional groups attached to an aromatic ring is 4. The fourth-order valence-electron chi connectivity index (χ4n) is 16.6. The quantitative estimate of drug-likeness (QED) is 0.0382. The lowest BCUT2D eigenvalue weighted by Gasteiger charge is -2.40. The van der Waals surface area contributed by atoms with Gasteiger partial charge in [0.25, 0.3) is 22.2 Å². The normalized spacial score (nSPS) is 16.3. The van der Waals surface area contributed by atoms with Crippen LogP contribution in [0.3, 0.4) is 0 Å². The Morgan fingerprint density at radius 3 is 0.667 bits per heavy atom. The molecule has 32 nitrogen and oxygen atoms in total. The van der Waals surface area contributed by atoms with Gasteiger partial charge in [0.05, 0.1) is 84.5 Å². The number of aryl methyl sites for hydroxylation is 4. The number of hydrogen-bond acceptors (Lipinski definition) is 24. The Morgan fingerprint density at radius 2 is 0.500 bits per heavy atom. The fraction of sp³-hybridized carbons (Fsp3) is 0.273. The Morgan fingerprint density at radius 1 is 0.318 bits per heavy atom. The third-order valence-electron chi connectivity index (χ3n) is 23.1. The molecule has 12 aromatic rings. The summed E-state index contributed by atoms with van der Waals surface area (Å²) in [5.41, 5.74) is 22.4. The van der Waals surface area contributed by atoms with Gasteiger partial charge in [0.1, 0.15) is 93.4 Å². The van der Waals surface area contributed by atoms with E-state index in [0.29, 0.717) is 146 Å². The molecule has 132 heavy (non-hydrogen) atoms. The summed E-state index contributed by atoms with van der Waals surface area (Å²) in [6.07, 6.45) is 10.3. The van der Waals surface area contributed by atoms with Crippen LogP contribution in [0.4, 0.5) is 63.6 Å². The van der Waals surface area contributed by atoms with E-state index in [9.17, 15) is 55.9 Å². The van der Waals surface area contributed by atoms with Gasteiger partial charge in [-0.1, -0.05) is 119 Å². The number of carbonyl (C=O) groups is 4. The minimum Gasteiger partial charge on any atom is -0.396 e. The Bertz CT molecular complexity index is 6160. The van der Waals surface area contributed by atoms with E-state index in [-0.39, 0.29) is 156 Å². The molecule has 688 valence electrons. The zero-order chi connectivity index (χ0) is 96.1. The highest BCUT2D eigenvalue weighted by atomic mass is 35.5. The third-order valence-corrected chi connectivity index (χ3v) is 25.4. The van der Waals surface area contributed by atoms with Gasteiger partial charge in [-0.25, -0.2) is 57.4 Å². The number of piperazine rings is 4. The van der Waals surface area contributed by atoms with Gasteiger partial charge in [-0.3, -0.25) is 56.6 Å². The summed E-state index contributed by atoms with van der Waals surface area (Å²) < 4.78 is 64.2. The van der Waals surface area contributed by atoms with Crippen molar-refractivity contribution < 1.29 is 36.7 Å². The molecule has 4 atom stereocenters. The molecule has 0 aliphatic carbocycles. The zero-order valence-corrected chi connectivity index (χ0v) is 78.0. The molecule has 0 radical (unpaired) electrons. The minimum absolute atomic E-state index is 0.0342. The average molecular weight is 1970 g/mol. The number of fused-ring (bicyclic) bond motifs is 4. The Labute approximate surface area is 790 Å². The molecule has 0 unspecified atom stereocenters. The molecule has 4 amide bonds. The van der Waals surface area contributed by atoms with Crippen molar-refractivity contribution in [3.8, 4) is 22.7 Å². The lowest BCUT2D eigenvalue weighted by molar-refractivity contribution is -0.127. The van der Waals surface area contributed by atoms with Crippen LogP contribution in [0.25, 0.3) is 66.4 Å². The summed E-state index contributed by atoms with van der Waals surface area (Å²) in [6.45, 7) is 34.5. The van der Waals surface area contributed by atoms with Gasteiger partial charge in [0.15, 0.2) is 23.3 Å². The number of amides is 4. The molecule has 4 saturated heterocycles. The smallest absolute Gasteiger partial charge is 0.282 e. The summed E-state index contributed by atoms with van der Waals surface area (Å²) in [5.74, 6) is -1.70. The van der Waals surface area contributed by atoms with E-state index in [1.54, 1.807) is 71.6 Å². The zero-order valence-electron chi connectivity index (χ0n) is 71.9. The standard InChI is InChI=1S/4C22H21Cl2FN6O2/c4*1-4-16(32)29-5-6-30(12(3)9-29)21-13-7-11(2)31(22(33)19(13)27-10-28-21)20-17(25)14(23)8-15(24)18(20)26/h4*4,7-8,10,12H,1,5-6,9,26H2,2-3H3/t4*12-/m1100/s1. The molecule has 8 aromatic heterocycles. The molecule has 4 aliphatic heterocycles. The summed E-state index contributed by atoms with van der Waals surface area (Å²) in [7, 11) is 0. The predicted molar refractivity (Wildman–Crippen MR) is 511 cm³/mol. The first-order valence-corrected chi connectivity index (χ1v) is 43.6. The number of nitrogens with two attached hydrogens (primary N) is 4. The van der Waals surface area contributed by atoms with Gasteiger partial charge in [-0.05, 0) is 128 Å². The lowest BCUT2D eigenvalue weighted by atomic mass is 10.1. The molecule has 44 heteroatoms. The van der Waals surface area contributed by atoms with E-state index in [2.05, 4.69) is 66.2 Å². The van der Waals surface area contributed by atoms with Gasteiger partial charge in [-0.15, -0.1) is 0 Å². The SMILES string of the molecule is C=CC(=O)N1CCN(c2ncnc3c(=O)n(-c4c(N)c(Cl)cc(Cl)c4F)c(C)cc23)[C@@H](C)C1.C=CC(=O)N1CCN(c2ncnc3c(=O)n(-c4c(N)c(Cl)cc(Cl)c4F)c(C)cc23)[C@@H](C)C1.C=CC(=O)N1CCN(c2ncnc3c(=O)n(-c4c(N)c(Cl)cc(Cl)c4F)c(C)cc23)[C@H](C)C1.C=CC(=O)N1CCN(c2ncnc3c(=O)n(-c4c(N)c(Cl)cc(Cl)c4F)c(C)cc23)[C@H](C)C1. The number of aromatic nitrogens is 12. The highest BCUT2D eigenvalue weighted by Gasteiger charge is 2.36. The Hall–Kier alpha value is -12.7. The van der Waals surface area contributed by atoms with Crippen molar-refractivity contribution in [3.63, 3.8) is 0 Å². The first kappa shape index (κ1) is 96.9. The van der Waals surface area contributed by atoms with Gasteiger partial charge in [0, 0.05) is 125 Å². The molecule has 0 spiro atoms. The number of carbonyl (C=O) groups excluding carboxylic acids is 4. The number of hydrogen-bond donors (Lipinski definition) is 4. The van der Waals surface area contributed by atoms with Crippen molar-refractivity contribution in [1.82, 2.24) is 77.7 Å². The Kier molecular flexibility index (Phi) is 28.9. The van der Waals surface area contributed by atoms with Crippen LogP contribution in [0.5, 0.6) is 0 Å². The number of pyridine rings is 4. The van der Waals surface area contributed by atoms with Crippen molar-refractivity contribution in [2.24, 2.45) is 0 Å². The van der Waals surface area contributed by atoms with E-state index in [1.807, 2.05) is 47.3 Å². The molecule has 0 saturated carbocycles. The van der Waals surface area contributed by atoms with E-state index in [0.717, 1.165) is 18.3 Å². The molecule has 16 rings (SSSR count). The van der Waals surface area contributed by atoms with E-state index in [4.69, 9.17) is 116 Å². The third kappa shape index (κ3) is 18.2. The summed E-state index contributed by atoms with van der Waals surface area (Å²) in [4.78, 5) is 151. The average Bonchev–Trinajstić information content (AvgIpc) is 0.756. The first-order chi connectivity index (χ1) is 62.6. The van der Waals surface area contributed by atoms with E-state index in [1.165, 1.54) is 73.9 Å². The van der Waals surface area contributed by atoms with Crippen LogP contribution in [0.1, 0.15) is 50.5 Å². The number of rotatable bonds is 12. The topological polar surface area (TPSA) is 389 Å². The maximum absolute atomic E-state index is 14.9. The molecule has 4 fully saturated rings. The molecule has 4 aliphatic rings. The summed E-state index contributed by atoms with van der Waals surface area (Å²) in [6, 6.07) is 11.3. The van der Waals surface area contributed by atoms with Gasteiger partial charge in [0.2, 0.25) is 23.6 Å². The number of anilines is 8. The van der Waals surface area contributed by atoms with Crippen LogP contribution < -0.4 is 64.8 Å². The first-order valence-electron chi connectivity index (χ1n) is 40.6. The van der Waals surface area contributed by atoms with Crippen LogP contribution >= 0.6 is 92.8 Å². The highest BCUT2D eigenvalue weighted by Crippen LogP contribution is 2.41. The maximum Gasteiger partial charge on any atom is 0.282 e. The minimum atomic E-state index is -0.853. The van der Waals surface area contributed by atoms with Crippen molar-refractivity contribution in [3.05, 3.63) is 252 Å². The van der Waals surface area contributed by atoms with Crippen LogP contribution in [0.15, 0.2) is 144 Å². The van der Waals surface area contributed by atoms with Crippen LogP contribution in [-0.2, 0) is 19.2 Å². The fourth-order valence-corrected chi connectivity index (χ4v) is 18.4. The summed E-state index contributed by atoms with van der Waals surface area (Å²) in [5, 5.41) is 1.19. The second-order valence-corrected chi connectivity index (χ2v) is 34.6. The number of benzene rings is 4. The highest BCUT2D eigenvalue weighted by molar-refractivity contribution is 6.39. The van der Waals surface area contributed by atoms with Gasteiger partial charge in [-0.2, -0.15) is 0 Å². The van der Waals surface area contributed by atoms with E-state index >= 15 is 0 Å². The lowest BCUT2D eigenvalue weighted by Crippen LogP contribution is -2.53. The number of nitrogens with zero attached hydrogens (tertiary/aromatic N) is 20. The Balaban J connectivity index is 0.000000150. The van der Waals surface area contributed by atoms with Crippen LogP contribution in [-0.4, -0.2) is 204 Å². The second kappa shape index (κ2) is 39.4. The molecular weight excluding hydrogens is 1880 g/mol. The summed E-state index contributed by atoms with van der Waals surface area (Å²) >= 11 is 48.2. The monoisotopic (exact) mass is 1960 g/mol. The van der Waals surface area contributed by atoms with E-state index < -0.39 is 45.5 Å². The largest absolute Gasteiger partial charge is 0.396 e. The predicted octanol–water partition coefficient (Wildman–Crippen LogP) is 13.4. The van der Waals surface area contributed by atoms with Crippen LogP contribution in [0.2, 0.25) is 40.2 Å². The molecule has 12 heterocycles. The molecule has 8 N–H and O–H groups in total. The van der Waals surface area contributed by atoms with Crippen LogP contribution in [0, 0.1) is 51.0 Å². The van der Waals surface area contributed by atoms with Crippen molar-refractivity contribution in [1.29, 1.82) is 0 Å². The van der Waals surface area contributed by atoms with Gasteiger partial charge < -0.3 is 62.1 Å². The van der Waals surface area contributed by atoms with Gasteiger partial charge >= 0.3 is 0 Å². The maximum atomic E-state index is 14.9. The second-order valence-electron chi connectivity index (χ2n) is 31.3. The molecule has 0 bridgehead atoms. The van der Waals surface area contributed by atoms with Crippen molar-refractivity contribution in [2.45, 2.75) is 79.6 Å².